The van der Waals surface area contributed by atoms with Gasteiger partial charge in [0, 0.05) is 49.5 Å². The summed E-state index contributed by atoms with van der Waals surface area (Å²) in [7, 11) is 3.98. The van der Waals surface area contributed by atoms with E-state index >= 15 is 0 Å². The minimum Gasteiger partial charge on any atom is -0.365 e. The third-order valence-electron chi connectivity index (χ3n) is 6.18. The second kappa shape index (κ2) is 10.5. The Balaban J connectivity index is 1.29. The van der Waals surface area contributed by atoms with Gasteiger partial charge in [0.2, 0.25) is 0 Å². The van der Waals surface area contributed by atoms with Crippen molar-refractivity contribution in [2.45, 2.75) is 26.4 Å². The van der Waals surface area contributed by atoms with Gasteiger partial charge in [-0.2, -0.15) is 5.10 Å². The first-order valence-corrected chi connectivity index (χ1v) is 12.3. The molecule has 0 bridgehead atoms. The number of aromatic nitrogens is 5. The molecule has 188 valence electrons. The highest BCUT2D eigenvalue weighted by atomic mass is 35.5. The quantitative estimate of drug-likeness (QED) is 0.288. The van der Waals surface area contributed by atoms with E-state index in [9.17, 15) is 4.39 Å². The summed E-state index contributed by atoms with van der Waals surface area (Å²) in [6.45, 7) is 2.51. The van der Waals surface area contributed by atoms with Gasteiger partial charge in [-0.1, -0.05) is 48.0 Å². The lowest BCUT2D eigenvalue weighted by Gasteiger charge is -2.12. The lowest BCUT2D eigenvalue weighted by molar-refractivity contribution is 0.604. The first kappa shape index (κ1) is 24.6. The molecule has 0 radical (unpaired) electrons. The molecule has 3 heterocycles. The predicted molar refractivity (Wildman–Crippen MR) is 146 cm³/mol. The maximum atomic E-state index is 14.5. The van der Waals surface area contributed by atoms with Crippen molar-refractivity contribution in [1.29, 1.82) is 0 Å². The summed E-state index contributed by atoms with van der Waals surface area (Å²) in [5.41, 5.74) is 4.86. The van der Waals surface area contributed by atoms with Crippen LogP contribution in [0.3, 0.4) is 0 Å². The SMILES string of the molecule is Cc1ccc(Cl)c(CNc2ncnc3nn(Cc4ccc(Cc5cccc(N(C)C)n5)cc4)cc23)c1F. The highest BCUT2D eigenvalue weighted by Gasteiger charge is 2.13. The van der Waals surface area contributed by atoms with E-state index in [0.717, 1.165) is 28.9 Å². The van der Waals surface area contributed by atoms with Gasteiger partial charge in [-0.3, -0.25) is 4.68 Å². The molecule has 0 atom stereocenters. The fourth-order valence-corrected chi connectivity index (χ4v) is 4.34. The van der Waals surface area contributed by atoms with Crippen LogP contribution >= 0.6 is 11.6 Å². The zero-order valence-corrected chi connectivity index (χ0v) is 21.7. The molecule has 0 aliphatic rings. The van der Waals surface area contributed by atoms with Crippen molar-refractivity contribution in [3.05, 3.63) is 106 Å². The summed E-state index contributed by atoms with van der Waals surface area (Å²) in [6.07, 6.45) is 4.12. The number of fused-ring (bicyclic) bond motifs is 1. The summed E-state index contributed by atoms with van der Waals surface area (Å²) < 4.78 is 16.4. The molecule has 3 aromatic heterocycles. The standard InChI is InChI=1S/C28H27ClFN7/c1-18-7-12-24(29)22(26(18)30)14-31-27-23-16-37(35-28(23)33-17-32-27)15-20-10-8-19(9-11-20)13-21-5-4-6-25(34-21)36(2)3/h4-12,16-17H,13-15H2,1-3H3,(H,31,32,33,35). The van der Waals surface area contributed by atoms with Crippen molar-refractivity contribution in [2.75, 3.05) is 24.3 Å². The van der Waals surface area contributed by atoms with E-state index in [1.165, 1.54) is 11.9 Å². The summed E-state index contributed by atoms with van der Waals surface area (Å²) >= 11 is 6.22. The molecular weight excluding hydrogens is 489 g/mol. The van der Waals surface area contributed by atoms with E-state index < -0.39 is 0 Å². The Bertz CT molecular complexity index is 1550. The summed E-state index contributed by atoms with van der Waals surface area (Å²) in [5, 5.41) is 8.93. The van der Waals surface area contributed by atoms with Gasteiger partial charge >= 0.3 is 0 Å². The van der Waals surface area contributed by atoms with Crippen LogP contribution in [0.25, 0.3) is 11.0 Å². The number of rotatable bonds is 8. The molecule has 7 nitrogen and oxygen atoms in total. The molecule has 37 heavy (non-hydrogen) atoms. The average molecular weight is 516 g/mol. The van der Waals surface area contributed by atoms with E-state index in [1.807, 2.05) is 48.1 Å². The predicted octanol–water partition coefficient (Wildman–Crippen LogP) is 5.64. The van der Waals surface area contributed by atoms with Crippen molar-refractivity contribution >= 4 is 34.3 Å². The summed E-state index contributed by atoms with van der Waals surface area (Å²) in [6, 6.07) is 17.9. The molecule has 9 heteroatoms. The van der Waals surface area contributed by atoms with E-state index in [0.29, 0.717) is 34.2 Å². The number of nitrogens with zero attached hydrogens (tertiary/aromatic N) is 6. The monoisotopic (exact) mass is 515 g/mol. The first-order chi connectivity index (χ1) is 17.9. The van der Waals surface area contributed by atoms with E-state index in [1.54, 1.807) is 19.1 Å². The Hall–Kier alpha value is -4.04. The minimum absolute atomic E-state index is 0.206. The molecule has 5 rings (SSSR count). The Labute approximate surface area is 220 Å². The van der Waals surface area contributed by atoms with Crippen molar-refractivity contribution in [3.63, 3.8) is 0 Å². The molecule has 0 saturated heterocycles. The van der Waals surface area contributed by atoms with Crippen LogP contribution in [-0.4, -0.2) is 38.8 Å². The lowest BCUT2D eigenvalue weighted by atomic mass is 10.1. The van der Waals surface area contributed by atoms with Crippen molar-refractivity contribution < 1.29 is 4.39 Å². The van der Waals surface area contributed by atoms with Crippen LogP contribution in [0, 0.1) is 12.7 Å². The zero-order chi connectivity index (χ0) is 25.9. The number of anilines is 2. The van der Waals surface area contributed by atoms with Gasteiger partial charge in [0.1, 0.15) is 23.8 Å². The van der Waals surface area contributed by atoms with Gasteiger partial charge in [-0.25, -0.2) is 19.3 Å². The zero-order valence-electron chi connectivity index (χ0n) is 20.9. The molecule has 1 N–H and O–H groups in total. The van der Waals surface area contributed by atoms with Gasteiger partial charge in [0.25, 0.3) is 0 Å². The van der Waals surface area contributed by atoms with Crippen molar-refractivity contribution in [3.8, 4) is 0 Å². The first-order valence-electron chi connectivity index (χ1n) is 11.9. The van der Waals surface area contributed by atoms with Gasteiger partial charge in [0.05, 0.1) is 11.9 Å². The van der Waals surface area contributed by atoms with Crippen LogP contribution in [0.1, 0.15) is 27.9 Å². The number of halogens is 2. The maximum Gasteiger partial charge on any atom is 0.186 e. The normalized spacial score (nSPS) is 11.2. The molecule has 0 amide bonds. The molecule has 0 spiro atoms. The Morgan fingerprint density at radius 3 is 2.57 bits per heavy atom. The van der Waals surface area contributed by atoms with Crippen molar-refractivity contribution in [2.24, 2.45) is 0 Å². The Morgan fingerprint density at radius 2 is 1.78 bits per heavy atom. The van der Waals surface area contributed by atoms with Crippen LogP contribution < -0.4 is 10.2 Å². The van der Waals surface area contributed by atoms with Gasteiger partial charge in [-0.15, -0.1) is 0 Å². The van der Waals surface area contributed by atoms with Gasteiger partial charge in [-0.05, 0) is 41.8 Å². The van der Waals surface area contributed by atoms with Crippen LogP contribution in [0.2, 0.25) is 5.02 Å². The maximum absolute atomic E-state index is 14.5. The number of hydrogen-bond donors (Lipinski definition) is 1. The van der Waals surface area contributed by atoms with Gasteiger partial charge in [0.15, 0.2) is 5.65 Å². The fourth-order valence-electron chi connectivity index (χ4n) is 4.13. The summed E-state index contributed by atoms with van der Waals surface area (Å²) in [4.78, 5) is 15.3. The van der Waals surface area contributed by atoms with Gasteiger partial charge < -0.3 is 10.2 Å². The van der Waals surface area contributed by atoms with E-state index in [2.05, 4.69) is 44.6 Å². The fraction of sp³-hybridized carbons (Fsp3) is 0.214. The third kappa shape index (κ3) is 5.54. The smallest absolute Gasteiger partial charge is 0.186 e. The average Bonchev–Trinajstić information content (AvgIpc) is 3.31. The number of benzene rings is 2. The molecular formula is C28H27ClFN7. The van der Waals surface area contributed by atoms with Crippen LogP contribution in [-0.2, 0) is 19.5 Å². The van der Waals surface area contributed by atoms with Crippen LogP contribution in [0.15, 0.2) is 67.1 Å². The highest BCUT2D eigenvalue weighted by Crippen LogP contribution is 2.25. The molecule has 2 aromatic carbocycles. The number of pyridine rings is 1. The highest BCUT2D eigenvalue weighted by molar-refractivity contribution is 6.31. The second-order valence-corrected chi connectivity index (χ2v) is 9.58. The van der Waals surface area contributed by atoms with E-state index in [4.69, 9.17) is 16.6 Å². The lowest BCUT2D eigenvalue weighted by Crippen LogP contribution is -2.11. The molecule has 0 saturated carbocycles. The molecule has 0 fully saturated rings. The Morgan fingerprint density at radius 1 is 1.00 bits per heavy atom. The van der Waals surface area contributed by atoms with E-state index in [-0.39, 0.29) is 12.4 Å². The molecule has 5 aromatic rings. The largest absolute Gasteiger partial charge is 0.365 e. The molecule has 0 aliphatic heterocycles. The van der Waals surface area contributed by atoms with Crippen LogP contribution in [0.5, 0.6) is 0 Å². The Kier molecular flexibility index (Phi) is 7.01. The number of hydrogen-bond acceptors (Lipinski definition) is 6. The second-order valence-electron chi connectivity index (χ2n) is 9.17. The summed E-state index contributed by atoms with van der Waals surface area (Å²) in [5.74, 6) is 1.21. The number of nitrogens with one attached hydrogen (secondary N) is 1. The van der Waals surface area contributed by atoms with Crippen molar-refractivity contribution in [1.82, 2.24) is 24.7 Å². The van der Waals surface area contributed by atoms with Crippen LogP contribution in [0.4, 0.5) is 16.0 Å². The molecule has 0 aliphatic carbocycles. The third-order valence-corrected chi connectivity index (χ3v) is 6.53. The minimum atomic E-state index is -0.314. The molecule has 0 unspecified atom stereocenters. The number of aryl methyl sites for hydroxylation is 1. The topological polar surface area (TPSA) is 71.8 Å².